The fourth-order valence-electron chi connectivity index (χ4n) is 5.16. The van der Waals surface area contributed by atoms with E-state index in [0.29, 0.717) is 46.7 Å². The number of benzene rings is 2. The first-order valence-corrected chi connectivity index (χ1v) is 12.2. The average molecular weight is 458 g/mol. The Hall–Kier alpha value is -3.21. The predicted molar refractivity (Wildman–Crippen MR) is 130 cm³/mol. The van der Waals surface area contributed by atoms with Crippen molar-refractivity contribution < 1.29 is 9.26 Å². The van der Waals surface area contributed by atoms with E-state index in [1.807, 2.05) is 19.9 Å². The molecule has 34 heavy (non-hydrogen) atoms. The second-order valence-electron chi connectivity index (χ2n) is 9.62. The molecule has 176 valence electrons. The molecule has 7 nitrogen and oxygen atoms in total. The van der Waals surface area contributed by atoms with E-state index in [2.05, 4.69) is 52.0 Å². The highest BCUT2D eigenvalue weighted by Crippen LogP contribution is 2.38. The molecule has 1 aromatic heterocycles. The van der Waals surface area contributed by atoms with Gasteiger partial charge in [-0.15, -0.1) is 0 Å². The minimum Gasteiger partial charge on any atom is -0.490 e. The number of hydrogen-bond acceptors (Lipinski definition) is 7. The van der Waals surface area contributed by atoms with Gasteiger partial charge < -0.3 is 19.9 Å². The monoisotopic (exact) mass is 457 g/mol. The molecule has 0 saturated carbocycles. The van der Waals surface area contributed by atoms with Crippen LogP contribution in [0.1, 0.15) is 62.8 Å². The van der Waals surface area contributed by atoms with Crippen LogP contribution in [0.25, 0.3) is 22.8 Å². The van der Waals surface area contributed by atoms with Crippen LogP contribution < -0.4 is 15.4 Å². The molecule has 5 rings (SSSR count). The Kier molecular flexibility index (Phi) is 6.36. The summed E-state index contributed by atoms with van der Waals surface area (Å²) in [5.41, 5.74) is 4.83. The van der Waals surface area contributed by atoms with Crippen LogP contribution in [0.4, 0.5) is 0 Å². The molecule has 3 unspecified atom stereocenters. The van der Waals surface area contributed by atoms with Gasteiger partial charge in [0.15, 0.2) is 0 Å². The Balaban J connectivity index is 1.38. The first-order chi connectivity index (χ1) is 16.5. The molecule has 3 atom stereocenters. The summed E-state index contributed by atoms with van der Waals surface area (Å²) in [5.74, 6) is 1.55. The molecule has 0 bridgehead atoms. The molecule has 0 radical (unpaired) electrons. The van der Waals surface area contributed by atoms with Crippen molar-refractivity contribution in [2.45, 2.75) is 70.7 Å². The molecule has 1 saturated heterocycles. The lowest BCUT2D eigenvalue weighted by atomic mass is 9.97. The number of piperidine rings is 1. The number of rotatable bonds is 6. The number of nitrogens with zero attached hydrogens (tertiary/aromatic N) is 3. The second kappa shape index (κ2) is 9.57. The molecule has 2 heterocycles. The zero-order valence-electron chi connectivity index (χ0n) is 20.0. The zero-order valence-corrected chi connectivity index (χ0v) is 20.0. The smallest absolute Gasteiger partial charge is 0.258 e. The summed E-state index contributed by atoms with van der Waals surface area (Å²) in [7, 11) is 0. The molecular weight excluding hydrogens is 426 g/mol. The summed E-state index contributed by atoms with van der Waals surface area (Å²) in [6.07, 6.45) is 4.39. The largest absolute Gasteiger partial charge is 0.490 e. The van der Waals surface area contributed by atoms with Gasteiger partial charge in [0.2, 0.25) is 5.82 Å². The Morgan fingerprint density at radius 3 is 2.91 bits per heavy atom. The van der Waals surface area contributed by atoms with Crippen LogP contribution in [0.15, 0.2) is 40.9 Å². The van der Waals surface area contributed by atoms with Crippen LogP contribution in [0.3, 0.4) is 0 Å². The minimum absolute atomic E-state index is 0.00960. The van der Waals surface area contributed by atoms with Crippen molar-refractivity contribution in [2.75, 3.05) is 6.54 Å². The normalized spacial score (nSPS) is 21.9. The van der Waals surface area contributed by atoms with Gasteiger partial charge in [-0.3, -0.25) is 0 Å². The van der Waals surface area contributed by atoms with E-state index < -0.39 is 0 Å². The highest BCUT2D eigenvalue weighted by atomic mass is 16.5. The third kappa shape index (κ3) is 4.56. The van der Waals surface area contributed by atoms with Crippen LogP contribution in [0, 0.1) is 11.3 Å². The van der Waals surface area contributed by atoms with Gasteiger partial charge in [-0.1, -0.05) is 23.4 Å². The summed E-state index contributed by atoms with van der Waals surface area (Å²) < 4.78 is 11.3. The van der Waals surface area contributed by atoms with Gasteiger partial charge in [0.25, 0.3) is 5.89 Å². The van der Waals surface area contributed by atoms with Gasteiger partial charge in [0.1, 0.15) is 11.8 Å². The lowest BCUT2D eigenvalue weighted by molar-refractivity contribution is 0.241. The van der Waals surface area contributed by atoms with Crippen LogP contribution >= 0.6 is 0 Å². The summed E-state index contributed by atoms with van der Waals surface area (Å²) >= 11 is 0. The molecule has 2 aromatic carbocycles. The minimum atomic E-state index is -0.00960. The van der Waals surface area contributed by atoms with Crippen LogP contribution in [-0.2, 0) is 6.42 Å². The van der Waals surface area contributed by atoms with Gasteiger partial charge >= 0.3 is 0 Å². The number of ether oxygens (including phenoxy) is 1. The third-order valence-electron chi connectivity index (χ3n) is 6.71. The summed E-state index contributed by atoms with van der Waals surface area (Å²) in [6.45, 7) is 7.20. The van der Waals surface area contributed by atoms with Crippen molar-refractivity contribution in [3.05, 3.63) is 53.1 Å². The maximum atomic E-state index is 9.54. The summed E-state index contributed by atoms with van der Waals surface area (Å²) in [6, 6.07) is 15.4. The molecule has 1 fully saturated rings. The van der Waals surface area contributed by atoms with Gasteiger partial charge in [-0.2, -0.15) is 10.2 Å². The molecule has 0 amide bonds. The molecule has 3 aromatic rings. The van der Waals surface area contributed by atoms with Crippen molar-refractivity contribution in [3.63, 3.8) is 0 Å². The molecule has 1 aliphatic heterocycles. The fraction of sp³-hybridized carbons (Fsp3) is 0.444. The highest BCUT2D eigenvalue weighted by Gasteiger charge is 2.29. The first-order valence-electron chi connectivity index (χ1n) is 12.2. The number of nitrogens with one attached hydrogen (secondary N) is 2. The fourth-order valence-corrected chi connectivity index (χ4v) is 5.16. The number of fused-ring (bicyclic) bond motifs is 1. The van der Waals surface area contributed by atoms with Crippen molar-refractivity contribution in [2.24, 2.45) is 0 Å². The standard InChI is InChI=1S/C27H31N5O2/c1-16(2)33-25-10-7-18(14-19(25)15-28)27-31-26(32-34-27)23-6-4-5-22-21(23)8-9-24(22)30-20-11-12-29-17(3)13-20/h4-7,10,14,16-17,20,24,29-30H,8-9,11-13H2,1-3H3. The van der Waals surface area contributed by atoms with Crippen LogP contribution in [0.2, 0.25) is 0 Å². The van der Waals surface area contributed by atoms with Crippen molar-refractivity contribution >= 4 is 0 Å². The molecular formula is C27H31N5O2. The third-order valence-corrected chi connectivity index (χ3v) is 6.71. The zero-order chi connectivity index (χ0) is 23.7. The van der Waals surface area contributed by atoms with Crippen LogP contribution in [0.5, 0.6) is 5.75 Å². The summed E-state index contributed by atoms with van der Waals surface area (Å²) in [4.78, 5) is 4.69. The van der Waals surface area contributed by atoms with Gasteiger partial charge in [0.05, 0.1) is 11.7 Å². The maximum absolute atomic E-state index is 9.54. The van der Waals surface area contributed by atoms with E-state index in [1.54, 1.807) is 12.1 Å². The van der Waals surface area contributed by atoms with Crippen molar-refractivity contribution in [3.8, 4) is 34.7 Å². The lowest BCUT2D eigenvalue weighted by Gasteiger charge is -2.31. The molecule has 1 aliphatic carbocycles. The van der Waals surface area contributed by atoms with Crippen LogP contribution in [-0.4, -0.2) is 34.9 Å². The quantitative estimate of drug-likeness (QED) is 0.550. The molecule has 2 aliphatic rings. The number of aromatic nitrogens is 2. The molecule has 2 N–H and O–H groups in total. The maximum Gasteiger partial charge on any atom is 0.258 e. The van der Waals surface area contributed by atoms with Crippen molar-refractivity contribution in [1.82, 2.24) is 20.8 Å². The first kappa shape index (κ1) is 22.6. The van der Waals surface area contributed by atoms with E-state index in [-0.39, 0.29) is 6.10 Å². The highest BCUT2D eigenvalue weighted by molar-refractivity contribution is 5.67. The average Bonchev–Trinajstić information content (AvgIpc) is 3.47. The number of hydrogen-bond donors (Lipinski definition) is 2. The topological polar surface area (TPSA) is 96.0 Å². The van der Waals surface area contributed by atoms with E-state index in [4.69, 9.17) is 9.26 Å². The Morgan fingerprint density at radius 1 is 1.24 bits per heavy atom. The van der Waals surface area contributed by atoms with Gasteiger partial charge in [-0.05, 0) is 82.3 Å². The predicted octanol–water partition coefficient (Wildman–Crippen LogP) is 4.78. The Bertz CT molecular complexity index is 1210. The van der Waals surface area contributed by atoms with E-state index >= 15 is 0 Å². The molecule has 0 spiro atoms. The number of nitriles is 1. The lowest BCUT2D eigenvalue weighted by Crippen LogP contribution is -2.45. The second-order valence-corrected chi connectivity index (χ2v) is 9.62. The van der Waals surface area contributed by atoms with E-state index in [1.165, 1.54) is 11.1 Å². The SMILES string of the molecule is CC1CC(NC2CCc3c(-c4noc(-c5ccc(OC(C)C)c(C#N)c5)n4)cccc32)CCN1. The van der Waals surface area contributed by atoms with E-state index in [9.17, 15) is 5.26 Å². The van der Waals surface area contributed by atoms with Gasteiger partial charge in [-0.25, -0.2) is 0 Å². The van der Waals surface area contributed by atoms with Crippen molar-refractivity contribution in [1.29, 1.82) is 5.26 Å². The van der Waals surface area contributed by atoms with Gasteiger partial charge in [0, 0.05) is 29.3 Å². The Morgan fingerprint density at radius 2 is 2.12 bits per heavy atom. The van der Waals surface area contributed by atoms with E-state index in [0.717, 1.165) is 37.8 Å². The molecule has 7 heteroatoms. The Labute approximate surface area is 200 Å². The summed E-state index contributed by atoms with van der Waals surface area (Å²) in [5, 5.41) is 21.3.